The van der Waals surface area contributed by atoms with E-state index in [1.165, 1.54) is 24.1 Å². The van der Waals surface area contributed by atoms with Crippen LogP contribution in [0.1, 0.15) is 23.2 Å². The van der Waals surface area contributed by atoms with Crippen LogP contribution in [-0.2, 0) is 14.3 Å². The number of hydrogen-bond donors (Lipinski definition) is 1. The molecule has 0 spiro atoms. The lowest BCUT2D eigenvalue weighted by Gasteiger charge is -2.30. The van der Waals surface area contributed by atoms with Crippen LogP contribution in [-0.4, -0.2) is 54.1 Å². The van der Waals surface area contributed by atoms with Gasteiger partial charge in [-0.15, -0.1) is 0 Å². The molecule has 2 aliphatic rings. The number of amidine groups is 1. The number of amides is 2. The van der Waals surface area contributed by atoms with Crippen LogP contribution >= 0.6 is 35.0 Å². The standard InChI is InChI=1S/C18H17Cl2N3O4S/c1-27-15(24)9-14-17(26)23(11-4-6-21-7-5-11)18(28-14)22-16(25)12-3-2-10(19)8-13(12)20/h2-3,8-9,11,21H,4-7H2,1H3. The highest BCUT2D eigenvalue weighted by Gasteiger charge is 2.39. The van der Waals surface area contributed by atoms with Gasteiger partial charge in [0.05, 0.1) is 22.6 Å². The molecule has 0 bridgehead atoms. The van der Waals surface area contributed by atoms with Gasteiger partial charge in [-0.05, 0) is 55.9 Å². The summed E-state index contributed by atoms with van der Waals surface area (Å²) in [6.07, 6.45) is 2.54. The number of carbonyl (C=O) groups is 3. The molecule has 148 valence electrons. The summed E-state index contributed by atoms with van der Waals surface area (Å²) in [5.41, 5.74) is 0.183. The molecule has 3 rings (SSSR count). The Labute approximate surface area is 176 Å². The highest BCUT2D eigenvalue weighted by molar-refractivity contribution is 8.18. The van der Waals surface area contributed by atoms with E-state index in [-0.39, 0.29) is 32.6 Å². The Kier molecular flexibility index (Phi) is 6.77. The number of halogens is 2. The molecule has 0 atom stereocenters. The summed E-state index contributed by atoms with van der Waals surface area (Å²) in [6.45, 7) is 1.50. The molecule has 2 amide bonds. The molecular formula is C18H17Cl2N3O4S. The molecule has 1 aromatic rings. The Hall–Kier alpha value is -1.87. The third kappa shape index (κ3) is 4.57. The minimum atomic E-state index is -0.644. The summed E-state index contributed by atoms with van der Waals surface area (Å²) >= 11 is 12.9. The Balaban J connectivity index is 1.95. The molecule has 1 aromatic carbocycles. The second kappa shape index (κ2) is 9.09. The first-order valence-electron chi connectivity index (χ1n) is 8.50. The number of carbonyl (C=O) groups excluding carboxylic acids is 3. The van der Waals surface area contributed by atoms with Gasteiger partial charge in [0.1, 0.15) is 0 Å². The van der Waals surface area contributed by atoms with Crippen molar-refractivity contribution in [1.82, 2.24) is 10.2 Å². The molecule has 2 fully saturated rings. The van der Waals surface area contributed by atoms with E-state index in [4.69, 9.17) is 23.2 Å². The zero-order valence-electron chi connectivity index (χ0n) is 14.9. The summed E-state index contributed by atoms with van der Waals surface area (Å²) in [6, 6.07) is 4.37. The van der Waals surface area contributed by atoms with E-state index in [1.807, 2.05) is 0 Å². The first-order chi connectivity index (χ1) is 13.4. The summed E-state index contributed by atoms with van der Waals surface area (Å²) in [5, 5.41) is 4.03. The van der Waals surface area contributed by atoms with Crippen LogP contribution < -0.4 is 5.32 Å². The maximum Gasteiger partial charge on any atom is 0.331 e. The van der Waals surface area contributed by atoms with Gasteiger partial charge in [0.15, 0.2) is 5.17 Å². The monoisotopic (exact) mass is 441 g/mol. The largest absolute Gasteiger partial charge is 0.466 e. The molecule has 2 aliphatic heterocycles. The van der Waals surface area contributed by atoms with Crippen molar-refractivity contribution in [1.29, 1.82) is 0 Å². The van der Waals surface area contributed by atoms with Gasteiger partial charge in [-0.1, -0.05) is 23.2 Å². The smallest absolute Gasteiger partial charge is 0.331 e. The number of esters is 1. The van der Waals surface area contributed by atoms with Crippen molar-refractivity contribution in [2.75, 3.05) is 20.2 Å². The first-order valence-corrected chi connectivity index (χ1v) is 10.1. The topological polar surface area (TPSA) is 88.1 Å². The first kappa shape index (κ1) is 20.9. The normalized spacial score (nSPS) is 20.8. The van der Waals surface area contributed by atoms with E-state index in [1.54, 1.807) is 6.07 Å². The molecule has 7 nitrogen and oxygen atoms in total. The number of hydrogen-bond acceptors (Lipinski definition) is 6. The zero-order chi connectivity index (χ0) is 20.3. The zero-order valence-corrected chi connectivity index (χ0v) is 17.2. The molecule has 28 heavy (non-hydrogen) atoms. The maximum atomic E-state index is 12.9. The molecule has 0 aromatic heterocycles. The number of methoxy groups -OCH3 is 1. The Morgan fingerprint density at radius 2 is 2.04 bits per heavy atom. The highest BCUT2D eigenvalue weighted by Crippen LogP contribution is 2.35. The fourth-order valence-corrected chi connectivity index (χ4v) is 4.41. The average Bonchev–Trinajstić information content (AvgIpc) is 2.97. The van der Waals surface area contributed by atoms with E-state index in [2.05, 4.69) is 15.0 Å². The quantitative estimate of drug-likeness (QED) is 0.572. The van der Waals surface area contributed by atoms with Crippen LogP contribution in [0.25, 0.3) is 0 Å². The molecule has 1 N–H and O–H groups in total. The molecule has 0 radical (unpaired) electrons. The lowest BCUT2D eigenvalue weighted by molar-refractivity contribution is -0.135. The van der Waals surface area contributed by atoms with Crippen molar-refractivity contribution in [2.24, 2.45) is 4.99 Å². The predicted molar refractivity (Wildman–Crippen MR) is 109 cm³/mol. The van der Waals surface area contributed by atoms with Gasteiger partial charge in [-0.3, -0.25) is 14.5 Å². The highest BCUT2D eigenvalue weighted by atomic mass is 35.5. The van der Waals surface area contributed by atoms with Gasteiger partial charge >= 0.3 is 5.97 Å². The van der Waals surface area contributed by atoms with Crippen molar-refractivity contribution in [3.63, 3.8) is 0 Å². The van der Waals surface area contributed by atoms with E-state index < -0.39 is 11.9 Å². The maximum absolute atomic E-state index is 12.9. The van der Waals surface area contributed by atoms with E-state index in [0.29, 0.717) is 17.9 Å². The van der Waals surface area contributed by atoms with Gasteiger partial charge in [-0.2, -0.15) is 4.99 Å². The van der Waals surface area contributed by atoms with Crippen LogP contribution in [0, 0.1) is 0 Å². The molecule has 0 saturated carbocycles. The fraction of sp³-hybridized carbons (Fsp3) is 0.333. The van der Waals surface area contributed by atoms with Gasteiger partial charge in [0.2, 0.25) is 0 Å². The predicted octanol–water partition coefficient (Wildman–Crippen LogP) is 2.87. The lowest BCUT2D eigenvalue weighted by Crippen LogP contribution is -2.45. The Bertz CT molecular complexity index is 882. The van der Waals surface area contributed by atoms with Crippen molar-refractivity contribution >= 4 is 57.9 Å². The molecule has 0 unspecified atom stereocenters. The molecule has 0 aliphatic carbocycles. The van der Waals surface area contributed by atoms with Gasteiger partial charge < -0.3 is 10.1 Å². The van der Waals surface area contributed by atoms with Crippen molar-refractivity contribution in [3.8, 4) is 0 Å². The number of aliphatic imine (C=N–C) groups is 1. The number of ether oxygens (including phenoxy) is 1. The summed E-state index contributed by atoms with van der Waals surface area (Å²) in [4.78, 5) is 42.9. The van der Waals surface area contributed by atoms with Crippen LogP contribution in [0.4, 0.5) is 0 Å². The Morgan fingerprint density at radius 1 is 1.32 bits per heavy atom. The number of nitrogens with zero attached hydrogens (tertiary/aromatic N) is 2. The fourth-order valence-electron chi connectivity index (χ4n) is 2.93. The minimum Gasteiger partial charge on any atom is -0.466 e. The minimum absolute atomic E-state index is 0.114. The molecular weight excluding hydrogens is 425 g/mol. The number of rotatable bonds is 3. The number of nitrogens with one attached hydrogen (secondary N) is 1. The summed E-state index contributed by atoms with van der Waals surface area (Å²) < 4.78 is 4.61. The molecule has 10 heteroatoms. The summed E-state index contributed by atoms with van der Waals surface area (Å²) in [7, 11) is 1.23. The number of piperidine rings is 1. The van der Waals surface area contributed by atoms with Crippen molar-refractivity contribution in [3.05, 3.63) is 44.8 Å². The number of thioether (sulfide) groups is 1. The van der Waals surface area contributed by atoms with Gasteiger partial charge in [0, 0.05) is 17.1 Å². The van der Waals surface area contributed by atoms with Crippen molar-refractivity contribution in [2.45, 2.75) is 18.9 Å². The van der Waals surface area contributed by atoms with Gasteiger partial charge in [-0.25, -0.2) is 4.79 Å². The van der Waals surface area contributed by atoms with E-state index in [0.717, 1.165) is 30.9 Å². The second-order valence-electron chi connectivity index (χ2n) is 6.11. The second-order valence-corrected chi connectivity index (χ2v) is 7.97. The third-order valence-electron chi connectivity index (χ3n) is 4.32. The summed E-state index contributed by atoms with van der Waals surface area (Å²) in [5.74, 6) is -1.60. The SMILES string of the molecule is COC(=O)C=C1SC(=NC(=O)c2ccc(Cl)cc2Cl)N(C2CCNCC2)C1=O. The Morgan fingerprint density at radius 3 is 2.68 bits per heavy atom. The van der Waals surface area contributed by atoms with E-state index in [9.17, 15) is 14.4 Å². The number of benzene rings is 1. The average molecular weight is 442 g/mol. The van der Waals surface area contributed by atoms with Crippen LogP contribution in [0.5, 0.6) is 0 Å². The van der Waals surface area contributed by atoms with Gasteiger partial charge in [0.25, 0.3) is 11.8 Å². The van der Waals surface area contributed by atoms with Crippen LogP contribution in [0.3, 0.4) is 0 Å². The molecule has 2 saturated heterocycles. The lowest BCUT2D eigenvalue weighted by atomic mass is 10.1. The third-order valence-corrected chi connectivity index (χ3v) is 5.85. The van der Waals surface area contributed by atoms with Crippen LogP contribution in [0.2, 0.25) is 10.0 Å². The van der Waals surface area contributed by atoms with Crippen LogP contribution in [0.15, 0.2) is 34.2 Å². The van der Waals surface area contributed by atoms with E-state index >= 15 is 0 Å². The molecule has 2 heterocycles. The van der Waals surface area contributed by atoms with Crippen molar-refractivity contribution < 1.29 is 19.1 Å².